The minimum Gasteiger partial charge on any atom is -0.481 e. The number of carboxylic acids is 1. The van der Waals surface area contributed by atoms with Crippen LogP contribution in [0.2, 0.25) is 0 Å². The number of hydrogen-bond donors (Lipinski definition) is 3. The Bertz CT molecular complexity index is 943. The Balaban J connectivity index is 1.51. The number of fused-ring (bicyclic) bond motifs is 3. The van der Waals surface area contributed by atoms with Crippen molar-refractivity contribution < 1.29 is 24.2 Å². The first-order valence-corrected chi connectivity index (χ1v) is 11.5. The largest absolute Gasteiger partial charge is 0.481 e. The molecule has 2 amide bonds. The summed E-state index contributed by atoms with van der Waals surface area (Å²) in [5.41, 5.74) is 4.58. The van der Waals surface area contributed by atoms with E-state index in [1.54, 1.807) is 0 Å². The highest BCUT2D eigenvalue weighted by Gasteiger charge is 2.30. The van der Waals surface area contributed by atoms with Crippen molar-refractivity contribution in [3.05, 3.63) is 59.7 Å². The lowest BCUT2D eigenvalue weighted by Crippen LogP contribution is -2.50. The Morgan fingerprint density at radius 1 is 0.939 bits per heavy atom. The van der Waals surface area contributed by atoms with Crippen LogP contribution in [0.5, 0.6) is 0 Å². The van der Waals surface area contributed by atoms with Crippen LogP contribution < -0.4 is 10.6 Å². The van der Waals surface area contributed by atoms with Crippen molar-refractivity contribution >= 4 is 18.0 Å². The number of carboxylic acid groups (broad SMARTS) is 1. The van der Waals surface area contributed by atoms with E-state index >= 15 is 0 Å². The molecule has 0 aromatic heterocycles. The molecule has 176 valence electrons. The number of alkyl carbamates (subject to hydrolysis) is 1. The molecule has 0 saturated heterocycles. The minimum atomic E-state index is -0.814. The summed E-state index contributed by atoms with van der Waals surface area (Å²) in [6.45, 7) is 4.35. The predicted molar refractivity (Wildman–Crippen MR) is 126 cm³/mol. The Kier molecular flexibility index (Phi) is 8.46. The van der Waals surface area contributed by atoms with Crippen molar-refractivity contribution in [1.29, 1.82) is 0 Å². The van der Waals surface area contributed by atoms with E-state index in [-0.39, 0.29) is 30.8 Å². The molecule has 0 saturated carbocycles. The Labute approximate surface area is 194 Å². The smallest absolute Gasteiger partial charge is 0.407 e. The third-order valence-corrected chi connectivity index (χ3v) is 5.93. The van der Waals surface area contributed by atoms with Crippen molar-refractivity contribution in [3.8, 4) is 11.1 Å². The zero-order valence-corrected chi connectivity index (χ0v) is 19.2. The van der Waals surface area contributed by atoms with Gasteiger partial charge in [0, 0.05) is 18.9 Å². The quantitative estimate of drug-likeness (QED) is 0.441. The molecule has 0 bridgehead atoms. The number of aliphatic carboxylic acids is 1. The van der Waals surface area contributed by atoms with E-state index in [1.807, 2.05) is 38.1 Å². The monoisotopic (exact) mass is 452 g/mol. The van der Waals surface area contributed by atoms with Gasteiger partial charge in [-0.3, -0.25) is 9.59 Å². The van der Waals surface area contributed by atoms with Crippen LogP contribution in [-0.2, 0) is 14.3 Å². The van der Waals surface area contributed by atoms with Gasteiger partial charge in [0.1, 0.15) is 12.6 Å². The van der Waals surface area contributed by atoms with E-state index in [1.165, 1.54) is 0 Å². The van der Waals surface area contributed by atoms with Gasteiger partial charge >= 0.3 is 12.1 Å². The maximum Gasteiger partial charge on any atom is 0.407 e. The average molecular weight is 453 g/mol. The molecule has 0 fully saturated rings. The van der Waals surface area contributed by atoms with Crippen LogP contribution in [0.15, 0.2) is 48.5 Å². The number of ether oxygens (including phenoxy) is 1. The third kappa shape index (κ3) is 6.34. The fourth-order valence-corrected chi connectivity index (χ4v) is 4.20. The number of carbonyl (C=O) groups is 3. The molecule has 7 nitrogen and oxygen atoms in total. The Morgan fingerprint density at radius 2 is 1.55 bits per heavy atom. The zero-order valence-electron chi connectivity index (χ0n) is 19.2. The molecule has 1 aliphatic carbocycles. The summed E-state index contributed by atoms with van der Waals surface area (Å²) in [5, 5.41) is 14.2. The normalized spacial score (nSPS) is 13.2. The molecule has 2 aromatic rings. The summed E-state index contributed by atoms with van der Waals surface area (Å²) in [5.74, 6) is -1.24. The number of benzene rings is 2. The number of rotatable bonds is 11. The van der Waals surface area contributed by atoms with Gasteiger partial charge in [0.05, 0.1) is 0 Å². The number of unbranched alkanes of at least 4 members (excludes halogenated alkanes) is 2. The van der Waals surface area contributed by atoms with E-state index in [0.717, 1.165) is 28.7 Å². The zero-order chi connectivity index (χ0) is 23.8. The van der Waals surface area contributed by atoms with Gasteiger partial charge in [-0.1, -0.05) is 68.8 Å². The molecule has 2 aromatic carbocycles. The lowest BCUT2D eigenvalue weighted by molar-refractivity contribution is -0.137. The van der Waals surface area contributed by atoms with Crippen LogP contribution in [0.4, 0.5) is 4.79 Å². The molecule has 0 spiro atoms. The van der Waals surface area contributed by atoms with E-state index in [2.05, 4.69) is 34.9 Å². The van der Waals surface area contributed by atoms with Crippen molar-refractivity contribution in [2.75, 3.05) is 13.2 Å². The van der Waals surface area contributed by atoms with Gasteiger partial charge in [-0.15, -0.1) is 0 Å². The van der Waals surface area contributed by atoms with Crippen molar-refractivity contribution in [3.63, 3.8) is 0 Å². The summed E-state index contributed by atoms with van der Waals surface area (Å²) < 4.78 is 5.56. The van der Waals surface area contributed by atoms with E-state index in [9.17, 15) is 14.4 Å². The molecule has 33 heavy (non-hydrogen) atoms. The Hall–Kier alpha value is -3.35. The van der Waals surface area contributed by atoms with E-state index in [0.29, 0.717) is 19.4 Å². The van der Waals surface area contributed by atoms with Crippen LogP contribution in [-0.4, -0.2) is 42.3 Å². The second kappa shape index (κ2) is 11.5. The Morgan fingerprint density at radius 3 is 2.12 bits per heavy atom. The molecule has 0 radical (unpaired) electrons. The number of hydrogen-bond acceptors (Lipinski definition) is 4. The lowest BCUT2D eigenvalue weighted by Gasteiger charge is -2.22. The van der Waals surface area contributed by atoms with Gasteiger partial charge in [0.25, 0.3) is 0 Å². The molecule has 3 N–H and O–H groups in total. The standard InChI is InChI=1S/C26H32N2O5/c1-17(2)24(25(31)27-15-9-3-4-14-23(29)30)28-26(32)33-16-22-20-12-7-5-10-18(20)19-11-6-8-13-21(19)22/h5-8,10-13,17,22,24H,3-4,9,14-16H2,1-2H3,(H,27,31)(H,28,32)(H,29,30). The van der Waals surface area contributed by atoms with E-state index < -0.39 is 18.1 Å². The van der Waals surface area contributed by atoms with Crippen LogP contribution in [0, 0.1) is 5.92 Å². The highest BCUT2D eigenvalue weighted by molar-refractivity contribution is 5.86. The molecule has 0 aliphatic heterocycles. The lowest BCUT2D eigenvalue weighted by atomic mass is 9.98. The average Bonchev–Trinajstić information content (AvgIpc) is 3.11. The van der Waals surface area contributed by atoms with Gasteiger partial charge in [0.2, 0.25) is 5.91 Å². The minimum absolute atomic E-state index is 0.0414. The number of carbonyl (C=O) groups excluding carboxylic acids is 2. The summed E-state index contributed by atoms with van der Waals surface area (Å²) in [6.07, 6.45) is 1.50. The van der Waals surface area contributed by atoms with Crippen LogP contribution >= 0.6 is 0 Å². The van der Waals surface area contributed by atoms with Crippen molar-refractivity contribution in [1.82, 2.24) is 10.6 Å². The SMILES string of the molecule is CC(C)C(NC(=O)OCC1c2ccccc2-c2ccccc21)C(=O)NCCCCCC(=O)O. The van der Waals surface area contributed by atoms with Gasteiger partial charge in [-0.05, 0) is 41.0 Å². The maximum atomic E-state index is 12.6. The van der Waals surface area contributed by atoms with Gasteiger partial charge in [-0.25, -0.2) is 4.79 Å². The van der Waals surface area contributed by atoms with Gasteiger partial charge in [-0.2, -0.15) is 0 Å². The number of nitrogens with one attached hydrogen (secondary N) is 2. The second-order valence-corrected chi connectivity index (χ2v) is 8.69. The molecular formula is C26H32N2O5. The van der Waals surface area contributed by atoms with Crippen molar-refractivity contribution in [2.45, 2.75) is 51.5 Å². The molecular weight excluding hydrogens is 420 g/mol. The molecule has 0 heterocycles. The highest BCUT2D eigenvalue weighted by atomic mass is 16.5. The summed E-state index contributed by atoms with van der Waals surface area (Å²) in [7, 11) is 0. The van der Waals surface area contributed by atoms with Crippen molar-refractivity contribution in [2.24, 2.45) is 5.92 Å². The summed E-state index contributed by atoms with van der Waals surface area (Å²) in [4.78, 5) is 35.7. The molecule has 1 unspecified atom stereocenters. The fraction of sp³-hybridized carbons (Fsp3) is 0.423. The van der Waals surface area contributed by atoms with E-state index in [4.69, 9.17) is 9.84 Å². The van der Waals surface area contributed by atoms with Crippen LogP contribution in [0.1, 0.15) is 56.6 Å². The molecule has 7 heteroatoms. The predicted octanol–water partition coefficient (Wildman–Crippen LogP) is 4.31. The highest BCUT2D eigenvalue weighted by Crippen LogP contribution is 2.44. The topological polar surface area (TPSA) is 105 Å². The summed E-state index contributed by atoms with van der Waals surface area (Å²) in [6, 6.07) is 15.5. The number of amides is 2. The first-order valence-electron chi connectivity index (χ1n) is 11.5. The van der Waals surface area contributed by atoms with Gasteiger partial charge < -0.3 is 20.5 Å². The molecule has 1 aliphatic rings. The van der Waals surface area contributed by atoms with Gasteiger partial charge in [0.15, 0.2) is 0 Å². The van der Waals surface area contributed by atoms with Crippen LogP contribution in [0.25, 0.3) is 11.1 Å². The first kappa shape index (κ1) is 24.3. The summed E-state index contributed by atoms with van der Waals surface area (Å²) >= 11 is 0. The fourth-order valence-electron chi connectivity index (χ4n) is 4.20. The second-order valence-electron chi connectivity index (χ2n) is 8.69. The molecule has 1 atom stereocenters. The third-order valence-electron chi connectivity index (χ3n) is 5.93. The maximum absolute atomic E-state index is 12.6. The first-order chi connectivity index (χ1) is 15.9. The van der Waals surface area contributed by atoms with Crippen LogP contribution in [0.3, 0.4) is 0 Å². The molecule has 3 rings (SSSR count).